The van der Waals surface area contributed by atoms with Crippen LogP contribution in [0.3, 0.4) is 0 Å². The van der Waals surface area contributed by atoms with Crippen molar-refractivity contribution in [2.75, 3.05) is 5.43 Å². The minimum absolute atomic E-state index is 0.319. The highest BCUT2D eigenvalue weighted by Crippen LogP contribution is 2.18. The molecular weight excluding hydrogens is 271 g/mol. The van der Waals surface area contributed by atoms with Gasteiger partial charge >= 0.3 is 0 Å². The van der Waals surface area contributed by atoms with E-state index in [9.17, 15) is 18.0 Å². The van der Waals surface area contributed by atoms with E-state index in [1.165, 1.54) is 18.2 Å². The number of hydrogen-bond acceptors (Lipinski definition) is 3. The number of amides is 1. The molecule has 0 aliphatic rings. The second kappa shape index (κ2) is 5.62. The van der Waals surface area contributed by atoms with Crippen LogP contribution >= 0.6 is 0 Å². The molecule has 0 fully saturated rings. The summed E-state index contributed by atoms with van der Waals surface area (Å²) in [7, 11) is 0. The summed E-state index contributed by atoms with van der Waals surface area (Å²) in [6.07, 6.45) is 0. The highest BCUT2D eigenvalue weighted by atomic mass is 19.1. The first-order chi connectivity index (χ1) is 9.50. The molecule has 0 unspecified atom stereocenters. The first-order valence-corrected chi connectivity index (χ1v) is 5.55. The molecule has 7 heteroatoms. The van der Waals surface area contributed by atoms with Crippen LogP contribution < -0.4 is 11.3 Å². The number of nitrogens with one attached hydrogen (secondary N) is 1. The fraction of sp³-hybridized carbons (Fsp3) is 0. The number of nitrogens with two attached hydrogens (primary N) is 1. The van der Waals surface area contributed by atoms with Crippen LogP contribution in [0.5, 0.6) is 0 Å². The van der Waals surface area contributed by atoms with Crippen molar-refractivity contribution in [1.82, 2.24) is 5.12 Å². The van der Waals surface area contributed by atoms with Crippen molar-refractivity contribution in [1.29, 1.82) is 0 Å². The summed E-state index contributed by atoms with van der Waals surface area (Å²) >= 11 is 0. The standard InChI is InChI=1S/C13H10F3N3O/c14-9-5-2-1-4-8(9)13(20)19(17)18-12-10(15)6-3-7-11(12)16/h1-7,18H,17H2. The number of anilines is 1. The van der Waals surface area contributed by atoms with E-state index >= 15 is 0 Å². The zero-order valence-electron chi connectivity index (χ0n) is 10.1. The minimum Gasteiger partial charge on any atom is -0.275 e. The molecule has 4 nitrogen and oxygen atoms in total. The van der Waals surface area contributed by atoms with Crippen LogP contribution in [0.15, 0.2) is 42.5 Å². The van der Waals surface area contributed by atoms with E-state index < -0.39 is 29.0 Å². The van der Waals surface area contributed by atoms with Gasteiger partial charge in [-0.1, -0.05) is 18.2 Å². The summed E-state index contributed by atoms with van der Waals surface area (Å²) in [6, 6.07) is 8.27. The number of para-hydroxylation sites is 1. The molecule has 0 heterocycles. The van der Waals surface area contributed by atoms with Crippen LogP contribution in [0.2, 0.25) is 0 Å². The Morgan fingerprint density at radius 3 is 2.10 bits per heavy atom. The van der Waals surface area contributed by atoms with E-state index in [2.05, 4.69) is 0 Å². The molecule has 2 rings (SSSR count). The highest BCUT2D eigenvalue weighted by Gasteiger charge is 2.19. The number of halogens is 3. The van der Waals surface area contributed by atoms with Crippen molar-refractivity contribution < 1.29 is 18.0 Å². The Morgan fingerprint density at radius 1 is 0.950 bits per heavy atom. The Kier molecular flexibility index (Phi) is 3.90. The molecule has 2 aromatic rings. The van der Waals surface area contributed by atoms with Gasteiger partial charge < -0.3 is 0 Å². The van der Waals surface area contributed by atoms with Crippen molar-refractivity contribution >= 4 is 11.6 Å². The quantitative estimate of drug-likeness (QED) is 0.516. The van der Waals surface area contributed by atoms with Crippen LogP contribution in [-0.4, -0.2) is 11.0 Å². The lowest BCUT2D eigenvalue weighted by Crippen LogP contribution is -2.43. The summed E-state index contributed by atoms with van der Waals surface area (Å²) in [5.41, 5.74) is 1.13. The maximum atomic E-state index is 13.4. The van der Waals surface area contributed by atoms with Gasteiger partial charge in [0.25, 0.3) is 5.91 Å². The lowest BCUT2D eigenvalue weighted by atomic mass is 10.2. The fourth-order valence-corrected chi connectivity index (χ4v) is 1.54. The molecule has 20 heavy (non-hydrogen) atoms. The maximum Gasteiger partial charge on any atom is 0.289 e. The molecule has 0 aromatic heterocycles. The Labute approximate surface area is 112 Å². The van der Waals surface area contributed by atoms with E-state index in [1.807, 2.05) is 5.43 Å². The van der Waals surface area contributed by atoms with Gasteiger partial charge in [-0.15, -0.1) is 0 Å². The zero-order chi connectivity index (χ0) is 14.7. The third-order valence-corrected chi connectivity index (χ3v) is 2.52. The van der Waals surface area contributed by atoms with Crippen LogP contribution in [-0.2, 0) is 0 Å². The zero-order valence-corrected chi connectivity index (χ0v) is 10.1. The molecule has 0 aliphatic carbocycles. The summed E-state index contributed by atoms with van der Waals surface area (Å²) < 4.78 is 40.2. The number of carbonyl (C=O) groups excluding carboxylic acids is 1. The van der Waals surface area contributed by atoms with Gasteiger partial charge in [-0.05, 0) is 24.3 Å². The van der Waals surface area contributed by atoms with Crippen LogP contribution in [0.25, 0.3) is 0 Å². The lowest BCUT2D eigenvalue weighted by molar-refractivity contribution is 0.0787. The topological polar surface area (TPSA) is 58.4 Å². The van der Waals surface area contributed by atoms with Crippen molar-refractivity contribution in [3.63, 3.8) is 0 Å². The van der Waals surface area contributed by atoms with Crippen LogP contribution in [0, 0.1) is 17.5 Å². The Hall–Kier alpha value is -2.54. The largest absolute Gasteiger partial charge is 0.289 e. The molecule has 0 bridgehead atoms. The first-order valence-electron chi connectivity index (χ1n) is 5.55. The van der Waals surface area contributed by atoms with Gasteiger partial charge in [-0.25, -0.2) is 19.0 Å². The van der Waals surface area contributed by atoms with E-state index in [0.29, 0.717) is 5.12 Å². The van der Waals surface area contributed by atoms with Gasteiger partial charge in [-0.3, -0.25) is 10.2 Å². The maximum absolute atomic E-state index is 13.4. The van der Waals surface area contributed by atoms with Gasteiger partial charge in [0.1, 0.15) is 11.5 Å². The smallest absolute Gasteiger partial charge is 0.275 e. The molecular formula is C13H10F3N3O. The molecule has 1 amide bonds. The molecule has 0 radical (unpaired) electrons. The second-order valence-corrected chi connectivity index (χ2v) is 3.86. The summed E-state index contributed by atoms with van der Waals surface area (Å²) in [6.45, 7) is 0. The van der Waals surface area contributed by atoms with E-state index in [0.717, 1.165) is 24.3 Å². The SMILES string of the molecule is NN(Nc1c(F)cccc1F)C(=O)c1ccccc1F. The number of rotatable bonds is 3. The first kappa shape index (κ1) is 13.9. The van der Waals surface area contributed by atoms with Crippen molar-refractivity contribution in [3.05, 3.63) is 65.5 Å². The summed E-state index contributed by atoms with van der Waals surface area (Å²) in [4.78, 5) is 11.8. The lowest BCUT2D eigenvalue weighted by Gasteiger charge is -2.19. The van der Waals surface area contributed by atoms with Gasteiger partial charge in [-0.2, -0.15) is 5.12 Å². The number of hydrazine groups is 2. The van der Waals surface area contributed by atoms with E-state index in [4.69, 9.17) is 5.84 Å². The molecule has 0 saturated heterocycles. The number of hydrogen-bond donors (Lipinski definition) is 2. The molecule has 2 aromatic carbocycles. The van der Waals surface area contributed by atoms with Crippen LogP contribution in [0.4, 0.5) is 18.9 Å². The monoisotopic (exact) mass is 281 g/mol. The fourth-order valence-electron chi connectivity index (χ4n) is 1.54. The third-order valence-electron chi connectivity index (χ3n) is 2.52. The second-order valence-electron chi connectivity index (χ2n) is 3.86. The Balaban J connectivity index is 2.23. The van der Waals surface area contributed by atoms with Crippen molar-refractivity contribution in [3.8, 4) is 0 Å². The number of carbonyl (C=O) groups is 1. The third kappa shape index (κ3) is 2.72. The molecule has 0 aliphatic heterocycles. The normalized spacial score (nSPS) is 10.2. The van der Waals surface area contributed by atoms with Crippen LogP contribution in [0.1, 0.15) is 10.4 Å². The molecule has 104 valence electrons. The summed E-state index contributed by atoms with van der Waals surface area (Å²) in [5.74, 6) is 1.75. The van der Waals surface area contributed by atoms with Gasteiger partial charge in [0.2, 0.25) is 0 Å². The van der Waals surface area contributed by atoms with E-state index in [1.54, 1.807) is 0 Å². The predicted molar refractivity (Wildman–Crippen MR) is 66.7 cm³/mol. The minimum atomic E-state index is -0.967. The van der Waals surface area contributed by atoms with Gasteiger partial charge in [0, 0.05) is 0 Å². The highest BCUT2D eigenvalue weighted by molar-refractivity contribution is 5.94. The van der Waals surface area contributed by atoms with Gasteiger partial charge in [0.05, 0.1) is 5.56 Å². The van der Waals surface area contributed by atoms with E-state index in [-0.39, 0.29) is 5.56 Å². The predicted octanol–water partition coefficient (Wildman–Crippen LogP) is 2.45. The molecule has 0 saturated carbocycles. The number of benzene rings is 2. The Morgan fingerprint density at radius 2 is 1.50 bits per heavy atom. The van der Waals surface area contributed by atoms with Gasteiger partial charge in [0.15, 0.2) is 11.6 Å². The van der Waals surface area contributed by atoms with Crippen molar-refractivity contribution in [2.24, 2.45) is 5.84 Å². The van der Waals surface area contributed by atoms with Crippen molar-refractivity contribution in [2.45, 2.75) is 0 Å². The Bertz CT molecular complexity index is 628. The molecule has 3 N–H and O–H groups in total. The molecule has 0 spiro atoms. The number of nitrogens with zero attached hydrogens (tertiary/aromatic N) is 1. The molecule has 0 atom stereocenters. The average Bonchev–Trinajstić information content (AvgIpc) is 2.42. The summed E-state index contributed by atoms with van der Waals surface area (Å²) in [5, 5.41) is 0.319. The average molecular weight is 281 g/mol.